The van der Waals surface area contributed by atoms with E-state index in [1.165, 1.54) is 6.92 Å². The number of hydrogen-bond donors (Lipinski definition) is 2. The van der Waals surface area contributed by atoms with Crippen LogP contribution in [0.15, 0.2) is 66.7 Å². The summed E-state index contributed by atoms with van der Waals surface area (Å²) in [4.78, 5) is 11.4. The van der Waals surface area contributed by atoms with Gasteiger partial charge in [-0.25, -0.2) is 0 Å². The van der Waals surface area contributed by atoms with Gasteiger partial charge >= 0.3 is 5.97 Å². The maximum Gasteiger partial charge on any atom is 0.308 e. The van der Waals surface area contributed by atoms with E-state index in [0.717, 1.165) is 45.8 Å². The Hall–Kier alpha value is -3.81. The molecule has 0 fully saturated rings. The van der Waals surface area contributed by atoms with Crippen LogP contribution >= 0.6 is 0 Å². The van der Waals surface area contributed by atoms with Crippen LogP contribution < -0.4 is 24.3 Å². The molecular formula is C31H35NO6. The Morgan fingerprint density at radius 2 is 1.53 bits per heavy atom. The molecule has 0 spiro atoms. The number of aliphatic hydroxyl groups excluding tert-OH is 1. The second-order valence-electron chi connectivity index (χ2n) is 9.45. The van der Waals surface area contributed by atoms with Crippen molar-refractivity contribution in [2.75, 3.05) is 19.9 Å². The van der Waals surface area contributed by atoms with Gasteiger partial charge in [-0.3, -0.25) is 4.79 Å². The molecule has 0 saturated heterocycles. The maximum absolute atomic E-state index is 11.4. The number of carbonyl (C=O) groups excluding carboxylic acids is 1. The molecule has 0 aromatic heterocycles. The highest BCUT2D eigenvalue weighted by molar-refractivity contribution is 5.99. The Labute approximate surface area is 224 Å². The second kappa shape index (κ2) is 12.6. The van der Waals surface area contributed by atoms with Crippen molar-refractivity contribution >= 4 is 17.1 Å². The van der Waals surface area contributed by atoms with Crippen molar-refractivity contribution in [3.05, 3.63) is 83.4 Å². The molecule has 1 unspecified atom stereocenters. The predicted octanol–water partition coefficient (Wildman–Crippen LogP) is 5.45. The number of aliphatic hydroxyl groups is 1. The van der Waals surface area contributed by atoms with Crippen LogP contribution in [0.3, 0.4) is 0 Å². The number of fused-ring (bicyclic) bond motifs is 1. The summed E-state index contributed by atoms with van der Waals surface area (Å²) < 4.78 is 22.2. The molecule has 3 aromatic carbocycles. The summed E-state index contributed by atoms with van der Waals surface area (Å²) in [5, 5.41) is 13.4. The lowest BCUT2D eigenvalue weighted by atomic mass is 9.88. The normalized spacial score (nSPS) is 13.7. The zero-order chi connectivity index (χ0) is 27.1. The summed E-state index contributed by atoms with van der Waals surface area (Å²) in [5.41, 5.74) is 5.21. The fourth-order valence-electron chi connectivity index (χ4n) is 4.32. The minimum atomic E-state index is -0.596. The van der Waals surface area contributed by atoms with E-state index in [0.29, 0.717) is 24.1 Å². The van der Waals surface area contributed by atoms with Crippen LogP contribution in [-0.2, 0) is 4.79 Å². The molecule has 3 aromatic rings. The molecule has 200 valence electrons. The van der Waals surface area contributed by atoms with Gasteiger partial charge in [0.05, 0.1) is 0 Å². The smallest absolute Gasteiger partial charge is 0.308 e. The zero-order valence-corrected chi connectivity index (χ0v) is 22.3. The molecule has 7 heteroatoms. The number of rotatable bonds is 11. The zero-order valence-electron chi connectivity index (χ0n) is 22.3. The van der Waals surface area contributed by atoms with Crippen molar-refractivity contribution in [1.82, 2.24) is 5.32 Å². The van der Waals surface area contributed by atoms with Crippen molar-refractivity contribution in [1.29, 1.82) is 0 Å². The lowest BCUT2D eigenvalue weighted by molar-refractivity contribution is -0.131. The third-order valence-electron chi connectivity index (χ3n) is 6.13. The first-order chi connectivity index (χ1) is 18.3. The molecule has 0 saturated carbocycles. The number of ether oxygens (including phenoxy) is 4. The van der Waals surface area contributed by atoms with E-state index in [-0.39, 0.29) is 19.4 Å². The number of hydrogen-bond acceptors (Lipinski definition) is 7. The predicted molar refractivity (Wildman–Crippen MR) is 148 cm³/mol. The Kier molecular flexibility index (Phi) is 9.05. The van der Waals surface area contributed by atoms with Crippen LogP contribution in [0, 0.1) is 0 Å². The standard InChI is InChI=1S/C31H35NO6/c1-5-28(24-10-15-29-30(16-24)37-19-36-29)31(23-8-13-27(14-9-23)38-21(4)33)22-6-11-26(12-7-22)35-18-25(34)17-32-20(2)3/h6-16,20,25,32,34H,5,17-19H2,1-4H3/b31-28+. The number of allylic oxidation sites excluding steroid dienone is 1. The Morgan fingerprint density at radius 3 is 2.13 bits per heavy atom. The number of benzene rings is 3. The number of nitrogens with one attached hydrogen (secondary N) is 1. The minimum Gasteiger partial charge on any atom is -0.491 e. The third kappa shape index (κ3) is 6.94. The lowest BCUT2D eigenvalue weighted by Gasteiger charge is -2.18. The Balaban J connectivity index is 1.67. The SMILES string of the molecule is CC/C(=C(/c1ccc(OCC(O)CNC(C)C)cc1)c1ccc(OC(C)=O)cc1)c1ccc2c(c1)OCO2. The van der Waals surface area contributed by atoms with Gasteiger partial charge in [-0.05, 0) is 70.7 Å². The van der Waals surface area contributed by atoms with Crippen molar-refractivity contribution < 1.29 is 28.8 Å². The van der Waals surface area contributed by atoms with E-state index in [1.807, 2.05) is 68.4 Å². The molecule has 2 N–H and O–H groups in total. The van der Waals surface area contributed by atoms with E-state index in [2.05, 4.69) is 12.2 Å². The van der Waals surface area contributed by atoms with Crippen LogP contribution in [0.5, 0.6) is 23.0 Å². The summed E-state index contributed by atoms with van der Waals surface area (Å²) in [6.07, 6.45) is 0.175. The highest BCUT2D eigenvalue weighted by Crippen LogP contribution is 2.40. The van der Waals surface area contributed by atoms with Crippen LogP contribution in [0.1, 0.15) is 50.8 Å². The van der Waals surface area contributed by atoms with Gasteiger partial charge in [-0.2, -0.15) is 0 Å². The van der Waals surface area contributed by atoms with Crippen molar-refractivity contribution in [2.45, 2.75) is 46.3 Å². The molecule has 0 aliphatic carbocycles. The first-order valence-electron chi connectivity index (χ1n) is 12.9. The summed E-state index contributed by atoms with van der Waals surface area (Å²) >= 11 is 0. The van der Waals surface area contributed by atoms with Gasteiger partial charge in [0.2, 0.25) is 6.79 Å². The second-order valence-corrected chi connectivity index (χ2v) is 9.45. The van der Waals surface area contributed by atoms with Gasteiger partial charge in [-0.1, -0.05) is 51.1 Å². The largest absolute Gasteiger partial charge is 0.491 e. The number of esters is 1. The highest BCUT2D eigenvalue weighted by atomic mass is 16.7. The molecule has 1 aliphatic rings. The van der Waals surface area contributed by atoms with E-state index < -0.39 is 6.10 Å². The Morgan fingerprint density at radius 1 is 0.921 bits per heavy atom. The fourth-order valence-corrected chi connectivity index (χ4v) is 4.32. The highest BCUT2D eigenvalue weighted by Gasteiger charge is 2.18. The van der Waals surface area contributed by atoms with Gasteiger partial charge in [-0.15, -0.1) is 0 Å². The van der Waals surface area contributed by atoms with Gasteiger partial charge in [0.1, 0.15) is 24.2 Å². The van der Waals surface area contributed by atoms with Crippen molar-refractivity contribution in [3.8, 4) is 23.0 Å². The van der Waals surface area contributed by atoms with E-state index in [9.17, 15) is 9.90 Å². The van der Waals surface area contributed by atoms with E-state index >= 15 is 0 Å². The summed E-state index contributed by atoms with van der Waals surface area (Å²) in [7, 11) is 0. The van der Waals surface area contributed by atoms with Gasteiger partial charge in [0.25, 0.3) is 0 Å². The van der Waals surface area contributed by atoms with E-state index in [4.69, 9.17) is 18.9 Å². The molecule has 0 amide bonds. The summed E-state index contributed by atoms with van der Waals surface area (Å²) in [5.74, 6) is 2.29. The molecule has 1 heterocycles. The quantitative estimate of drug-likeness (QED) is 0.199. The molecular weight excluding hydrogens is 482 g/mol. The van der Waals surface area contributed by atoms with Gasteiger partial charge < -0.3 is 29.4 Å². The van der Waals surface area contributed by atoms with Crippen molar-refractivity contribution in [3.63, 3.8) is 0 Å². The van der Waals surface area contributed by atoms with E-state index in [1.54, 1.807) is 12.1 Å². The topological polar surface area (TPSA) is 86.2 Å². The van der Waals surface area contributed by atoms with Crippen LogP contribution in [0.4, 0.5) is 0 Å². The molecule has 0 radical (unpaired) electrons. The van der Waals surface area contributed by atoms with Gasteiger partial charge in [0, 0.05) is 19.5 Å². The molecule has 7 nitrogen and oxygen atoms in total. The van der Waals surface area contributed by atoms with Crippen LogP contribution in [0.2, 0.25) is 0 Å². The molecule has 0 bridgehead atoms. The summed E-state index contributed by atoms with van der Waals surface area (Å²) in [6, 6.07) is 21.7. The summed E-state index contributed by atoms with van der Waals surface area (Å²) in [6.45, 7) is 8.48. The van der Waals surface area contributed by atoms with Crippen LogP contribution in [-0.4, -0.2) is 43.2 Å². The average Bonchev–Trinajstić information content (AvgIpc) is 3.38. The molecule has 4 rings (SSSR count). The fraction of sp³-hybridized carbons (Fsp3) is 0.323. The van der Waals surface area contributed by atoms with Crippen molar-refractivity contribution in [2.24, 2.45) is 0 Å². The molecule has 38 heavy (non-hydrogen) atoms. The average molecular weight is 518 g/mol. The van der Waals surface area contributed by atoms with Crippen LogP contribution in [0.25, 0.3) is 11.1 Å². The van der Waals surface area contributed by atoms with Gasteiger partial charge in [0.15, 0.2) is 11.5 Å². The number of carbonyl (C=O) groups is 1. The minimum absolute atomic E-state index is 0.205. The lowest BCUT2D eigenvalue weighted by Crippen LogP contribution is -2.35. The third-order valence-corrected chi connectivity index (χ3v) is 6.13. The maximum atomic E-state index is 11.4. The Bertz CT molecular complexity index is 1260. The first kappa shape index (κ1) is 27.2. The molecule has 1 aliphatic heterocycles. The first-order valence-corrected chi connectivity index (χ1v) is 12.9. The molecule has 1 atom stereocenters. The monoisotopic (exact) mass is 517 g/mol.